The van der Waals surface area contributed by atoms with Crippen molar-refractivity contribution in [1.29, 1.82) is 0 Å². The van der Waals surface area contributed by atoms with Crippen molar-refractivity contribution in [2.24, 2.45) is 11.3 Å². The van der Waals surface area contributed by atoms with Crippen LogP contribution in [0.15, 0.2) is 24.3 Å². The maximum Gasteiger partial charge on any atom is 0.00667 e. The highest BCUT2D eigenvalue weighted by molar-refractivity contribution is 5.22. The predicted octanol–water partition coefficient (Wildman–Crippen LogP) is 2.92. The molecule has 0 spiro atoms. The summed E-state index contributed by atoms with van der Waals surface area (Å²) in [4.78, 5) is 0. The lowest BCUT2D eigenvalue weighted by Crippen LogP contribution is -2.05. The summed E-state index contributed by atoms with van der Waals surface area (Å²) in [7, 11) is 0. The first-order valence-electron chi connectivity index (χ1n) is 4.18. The van der Waals surface area contributed by atoms with Gasteiger partial charge in [-0.2, -0.15) is 0 Å². The zero-order chi connectivity index (χ0) is 7.03. The van der Waals surface area contributed by atoms with Crippen molar-refractivity contribution in [1.82, 2.24) is 0 Å². The first kappa shape index (κ1) is 6.21. The van der Waals surface area contributed by atoms with Gasteiger partial charge in [0.15, 0.2) is 0 Å². The summed E-state index contributed by atoms with van der Waals surface area (Å²) in [5.41, 5.74) is 0.499. The van der Waals surface area contributed by atoms with Crippen LogP contribution in [0.25, 0.3) is 0 Å². The van der Waals surface area contributed by atoms with E-state index in [0.29, 0.717) is 5.41 Å². The Morgan fingerprint density at radius 3 is 2.90 bits per heavy atom. The molecule has 10 heavy (non-hydrogen) atoms. The first-order valence-corrected chi connectivity index (χ1v) is 4.18. The lowest BCUT2D eigenvalue weighted by Gasteiger charge is -2.17. The molecule has 2 rings (SSSR count). The maximum absolute atomic E-state index is 2.40. The molecule has 0 aromatic heterocycles. The fourth-order valence-electron chi connectivity index (χ4n) is 2.33. The van der Waals surface area contributed by atoms with Gasteiger partial charge < -0.3 is 0 Å². The van der Waals surface area contributed by atoms with Gasteiger partial charge in [0, 0.05) is 5.41 Å². The maximum atomic E-state index is 2.40. The molecule has 0 aliphatic heterocycles. The van der Waals surface area contributed by atoms with Crippen LogP contribution in [0, 0.1) is 11.3 Å². The second kappa shape index (κ2) is 1.98. The van der Waals surface area contributed by atoms with Gasteiger partial charge in [-0.1, -0.05) is 24.3 Å². The van der Waals surface area contributed by atoms with Crippen LogP contribution in [0.3, 0.4) is 0 Å². The molecule has 0 amide bonds. The number of allylic oxidation sites excluding steroid dienone is 4. The van der Waals surface area contributed by atoms with E-state index < -0.39 is 0 Å². The predicted molar refractivity (Wildman–Crippen MR) is 43.7 cm³/mol. The van der Waals surface area contributed by atoms with Gasteiger partial charge in [-0.25, -0.2) is 0 Å². The Morgan fingerprint density at radius 2 is 2.50 bits per heavy atom. The molecule has 0 saturated heterocycles. The van der Waals surface area contributed by atoms with Crippen molar-refractivity contribution >= 4 is 0 Å². The van der Waals surface area contributed by atoms with Crippen LogP contribution >= 0.6 is 0 Å². The van der Waals surface area contributed by atoms with Gasteiger partial charge in [0.2, 0.25) is 0 Å². The molecule has 0 nitrogen and oxygen atoms in total. The van der Waals surface area contributed by atoms with E-state index in [9.17, 15) is 0 Å². The highest BCUT2D eigenvalue weighted by Gasteiger charge is 2.37. The molecule has 0 aromatic rings. The summed E-state index contributed by atoms with van der Waals surface area (Å²) < 4.78 is 0. The van der Waals surface area contributed by atoms with E-state index in [1.165, 1.54) is 19.3 Å². The number of hydrogen-bond donors (Lipinski definition) is 0. The molecule has 0 radical (unpaired) electrons. The van der Waals surface area contributed by atoms with E-state index in [1.807, 2.05) is 0 Å². The topological polar surface area (TPSA) is 0 Å². The molecular weight excluding hydrogens is 120 g/mol. The van der Waals surface area contributed by atoms with Gasteiger partial charge in [0.1, 0.15) is 0 Å². The Bertz CT molecular complexity index is 188. The molecule has 0 aromatic carbocycles. The second-order valence-electron chi connectivity index (χ2n) is 3.60. The number of hydrogen-bond acceptors (Lipinski definition) is 0. The van der Waals surface area contributed by atoms with E-state index in [4.69, 9.17) is 0 Å². The Balaban J connectivity index is 2.24. The average Bonchev–Trinajstić information content (AvgIpc) is 2.46. The van der Waals surface area contributed by atoms with Crippen LogP contribution in [0.1, 0.15) is 26.2 Å². The molecule has 1 saturated carbocycles. The molecule has 0 heteroatoms. The molecule has 54 valence electrons. The van der Waals surface area contributed by atoms with E-state index in [-0.39, 0.29) is 0 Å². The first-order chi connectivity index (χ1) is 4.85. The van der Waals surface area contributed by atoms with Gasteiger partial charge in [0.25, 0.3) is 0 Å². The summed E-state index contributed by atoms with van der Waals surface area (Å²) in [6.07, 6.45) is 13.6. The van der Waals surface area contributed by atoms with Crippen LogP contribution in [0.5, 0.6) is 0 Å². The summed E-state index contributed by atoms with van der Waals surface area (Å²) in [5.74, 6) is 0.913. The lowest BCUT2D eigenvalue weighted by molar-refractivity contribution is 0.523. The largest absolute Gasteiger partial charge is 0.0908 e. The number of fused-ring (bicyclic) bond motifs is 2. The van der Waals surface area contributed by atoms with E-state index in [2.05, 4.69) is 31.2 Å². The van der Waals surface area contributed by atoms with Crippen molar-refractivity contribution in [2.45, 2.75) is 26.2 Å². The van der Waals surface area contributed by atoms with Crippen molar-refractivity contribution in [3.8, 4) is 0 Å². The zero-order valence-corrected chi connectivity index (χ0v) is 6.51. The van der Waals surface area contributed by atoms with Gasteiger partial charge in [-0.3, -0.25) is 0 Å². The van der Waals surface area contributed by atoms with Crippen LogP contribution in [-0.2, 0) is 0 Å². The van der Waals surface area contributed by atoms with Gasteiger partial charge in [0.05, 0.1) is 0 Å². The minimum absolute atomic E-state index is 0.499. The van der Waals surface area contributed by atoms with Gasteiger partial charge in [-0.15, -0.1) is 0 Å². The molecule has 0 heterocycles. The SMILES string of the molecule is CC=C[C@]12C=C[C@@H](CC1)C2. The Hall–Kier alpha value is -0.520. The normalized spacial score (nSPS) is 43.9. The molecule has 2 atom stereocenters. The smallest absolute Gasteiger partial charge is 0.00667 e. The third-order valence-electron chi connectivity index (χ3n) is 2.82. The van der Waals surface area contributed by atoms with E-state index in [1.54, 1.807) is 0 Å². The fraction of sp³-hybridized carbons (Fsp3) is 0.600. The van der Waals surface area contributed by atoms with E-state index >= 15 is 0 Å². The quantitative estimate of drug-likeness (QED) is 0.484. The molecule has 2 aliphatic rings. The van der Waals surface area contributed by atoms with Crippen LogP contribution in [0.4, 0.5) is 0 Å². The highest BCUT2D eigenvalue weighted by Crippen LogP contribution is 2.49. The zero-order valence-electron chi connectivity index (χ0n) is 6.51. The minimum atomic E-state index is 0.499. The van der Waals surface area contributed by atoms with Crippen LogP contribution < -0.4 is 0 Å². The van der Waals surface area contributed by atoms with Crippen LogP contribution in [0.2, 0.25) is 0 Å². The van der Waals surface area contributed by atoms with Crippen molar-refractivity contribution in [3.05, 3.63) is 24.3 Å². The van der Waals surface area contributed by atoms with Crippen LogP contribution in [-0.4, -0.2) is 0 Å². The lowest BCUT2D eigenvalue weighted by atomic mass is 9.88. The van der Waals surface area contributed by atoms with Crippen molar-refractivity contribution in [2.75, 3.05) is 0 Å². The Morgan fingerprint density at radius 1 is 1.60 bits per heavy atom. The van der Waals surface area contributed by atoms with Crippen molar-refractivity contribution < 1.29 is 0 Å². The second-order valence-corrected chi connectivity index (χ2v) is 3.60. The van der Waals surface area contributed by atoms with Gasteiger partial charge in [-0.05, 0) is 32.1 Å². The molecule has 2 aliphatic carbocycles. The molecular formula is C10H14. The van der Waals surface area contributed by atoms with Crippen molar-refractivity contribution in [3.63, 3.8) is 0 Å². The molecule has 0 N–H and O–H groups in total. The number of rotatable bonds is 1. The summed E-state index contributed by atoms with van der Waals surface area (Å²) in [6.45, 7) is 2.12. The summed E-state index contributed by atoms with van der Waals surface area (Å²) in [5, 5.41) is 0. The average molecular weight is 134 g/mol. The van der Waals surface area contributed by atoms with Gasteiger partial charge >= 0.3 is 0 Å². The Labute approximate surface area is 62.6 Å². The molecule has 2 bridgehead atoms. The third-order valence-corrected chi connectivity index (χ3v) is 2.82. The standard InChI is InChI=1S/C10H14/c1-2-5-10-6-3-9(8-10)4-7-10/h2-3,5-6,9H,4,7-8H2,1H3/t9-,10-/m0/s1. The monoisotopic (exact) mass is 134 g/mol. The summed E-state index contributed by atoms with van der Waals surface area (Å²) in [6, 6.07) is 0. The highest BCUT2D eigenvalue weighted by atomic mass is 14.4. The minimum Gasteiger partial charge on any atom is -0.0908 e. The molecule has 0 unspecified atom stereocenters. The Kier molecular flexibility index (Phi) is 1.23. The molecule has 1 fully saturated rings. The third kappa shape index (κ3) is 0.749. The fourth-order valence-corrected chi connectivity index (χ4v) is 2.33. The summed E-state index contributed by atoms with van der Waals surface area (Å²) >= 11 is 0. The van der Waals surface area contributed by atoms with E-state index in [0.717, 1.165) is 5.92 Å².